The minimum atomic E-state index is -0.756. The van der Waals surface area contributed by atoms with Gasteiger partial charge in [0.1, 0.15) is 5.75 Å². The number of phenolic OH excluding ortho intramolecular Hbond substituents is 2. The third-order valence-corrected chi connectivity index (χ3v) is 3.57. The summed E-state index contributed by atoms with van der Waals surface area (Å²) >= 11 is 4.94. The second kappa shape index (κ2) is 6.61. The summed E-state index contributed by atoms with van der Waals surface area (Å²) in [5.41, 5.74) is 0.192. The molecule has 0 atom stereocenters. The highest BCUT2D eigenvalue weighted by molar-refractivity contribution is 7.71. The van der Waals surface area contributed by atoms with Crippen LogP contribution in [0.2, 0.25) is 0 Å². The van der Waals surface area contributed by atoms with E-state index in [-0.39, 0.29) is 22.5 Å². The Morgan fingerprint density at radius 3 is 2.57 bits per heavy atom. The molecule has 0 amide bonds. The molecular formula is C14H15N3O5S. The Bertz CT molecular complexity index is 872. The van der Waals surface area contributed by atoms with E-state index in [0.29, 0.717) is 17.7 Å². The first-order valence-electron chi connectivity index (χ1n) is 6.87. The highest BCUT2D eigenvalue weighted by Gasteiger charge is 2.19. The molecule has 0 fully saturated rings. The van der Waals surface area contributed by atoms with Crippen molar-refractivity contribution in [2.45, 2.75) is 26.2 Å². The van der Waals surface area contributed by atoms with Gasteiger partial charge in [-0.25, -0.2) is 0 Å². The Balaban J connectivity index is 2.55. The maximum absolute atomic E-state index is 12.1. The van der Waals surface area contributed by atoms with Crippen molar-refractivity contribution in [2.24, 2.45) is 0 Å². The lowest BCUT2D eigenvalue weighted by Crippen LogP contribution is -2.18. The van der Waals surface area contributed by atoms with Gasteiger partial charge in [-0.05, 0) is 18.6 Å². The number of hydrogen-bond donors (Lipinski definition) is 4. The fourth-order valence-corrected chi connectivity index (χ4v) is 2.51. The molecule has 23 heavy (non-hydrogen) atoms. The second-order valence-electron chi connectivity index (χ2n) is 5.02. The van der Waals surface area contributed by atoms with Gasteiger partial charge in [0.2, 0.25) is 0 Å². The van der Waals surface area contributed by atoms with Crippen molar-refractivity contribution in [3.05, 3.63) is 54.2 Å². The zero-order chi connectivity index (χ0) is 17.1. The monoisotopic (exact) mass is 337 g/mol. The van der Waals surface area contributed by atoms with Crippen molar-refractivity contribution in [3.63, 3.8) is 0 Å². The fraction of sp³-hybridized carbons (Fsp3) is 0.286. The summed E-state index contributed by atoms with van der Waals surface area (Å²) in [5, 5.41) is 30.3. The molecule has 2 rings (SSSR count). The molecule has 0 aliphatic heterocycles. The summed E-state index contributed by atoms with van der Waals surface area (Å²) in [6.45, 7) is 1.94. The number of H-pyrrole nitrogens is 2. The Hall–Kier alpha value is -2.68. The smallest absolute Gasteiger partial charge is 0.311 e. The number of nitro benzene ring substituents is 1. The van der Waals surface area contributed by atoms with E-state index in [4.69, 9.17) is 12.2 Å². The van der Waals surface area contributed by atoms with Crippen molar-refractivity contribution < 1.29 is 15.1 Å². The van der Waals surface area contributed by atoms with Crippen LogP contribution in [0.15, 0.2) is 16.9 Å². The number of phenols is 2. The number of aromatic hydroxyl groups is 2. The molecule has 0 aliphatic rings. The van der Waals surface area contributed by atoms with Crippen molar-refractivity contribution in [1.82, 2.24) is 9.97 Å². The standard InChI is InChI=1S/C14H15N3O5S/c1-2-3-9-8(13(20)16-14(23)15-9)4-7-5-10(17(21)22)12(19)6-11(7)18/h5-6,18-19H,2-4H2,1H3,(H2,15,16,20,23). The summed E-state index contributed by atoms with van der Waals surface area (Å²) in [5.74, 6) is -0.955. The number of aryl methyl sites for hydroxylation is 1. The predicted molar refractivity (Wildman–Crippen MR) is 85.5 cm³/mol. The van der Waals surface area contributed by atoms with Gasteiger partial charge in [0.05, 0.1) is 4.92 Å². The molecule has 8 nitrogen and oxygen atoms in total. The topological polar surface area (TPSA) is 132 Å². The molecule has 0 unspecified atom stereocenters. The molecule has 0 saturated carbocycles. The van der Waals surface area contributed by atoms with Crippen LogP contribution in [0.3, 0.4) is 0 Å². The van der Waals surface area contributed by atoms with Crippen LogP contribution >= 0.6 is 12.2 Å². The Kier molecular flexibility index (Phi) is 4.80. The van der Waals surface area contributed by atoms with Crippen LogP contribution < -0.4 is 5.56 Å². The lowest BCUT2D eigenvalue weighted by atomic mass is 10.0. The zero-order valence-corrected chi connectivity index (χ0v) is 13.1. The third kappa shape index (κ3) is 3.57. The maximum atomic E-state index is 12.1. The summed E-state index contributed by atoms with van der Waals surface area (Å²) in [7, 11) is 0. The van der Waals surface area contributed by atoms with Gasteiger partial charge in [-0.2, -0.15) is 0 Å². The third-order valence-electron chi connectivity index (χ3n) is 3.37. The number of rotatable bonds is 5. The van der Waals surface area contributed by atoms with E-state index in [1.807, 2.05) is 6.92 Å². The van der Waals surface area contributed by atoms with Gasteiger partial charge in [0.25, 0.3) is 5.56 Å². The van der Waals surface area contributed by atoms with Crippen molar-refractivity contribution in [2.75, 3.05) is 0 Å². The first-order valence-corrected chi connectivity index (χ1v) is 7.27. The largest absolute Gasteiger partial charge is 0.508 e. The molecule has 9 heteroatoms. The van der Waals surface area contributed by atoms with E-state index < -0.39 is 21.9 Å². The first-order chi connectivity index (χ1) is 10.8. The van der Waals surface area contributed by atoms with Crippen LogP contribution in [-0.4, -0.2) is 25.1 Å². The van der Waals surface area contributed by atoms with Gasteiger partial charge in [0.15, 0.2) is 10.5 Å². The average Bonchev–Trinajstić information content (AvgIpc) is 2.44. The fourth-order valence-electron chi connectivity index (χ4n) is 2.30. The van der Waals surface area contributed by atoms with Crippen molar-refractivity contribution in [1.29, 1.82) is 0 Å². The number of nitrogens with zero attached hydrogens (tertiary/aromatic N) is 1. The molecule has 1 aromatic carbocycles. The summed E-state index contributed by atoms with van der Waals surface area (Å²) in [6.07, 6.45) is 1.32. The molecule has 0 aliphatic carbocycles. The van der Waals surface area contributed by atoms with E-state index in [9.17, 15) is 25.1 Å². The highest BCUT2D eigenvalue weighted by atomic mass is 32.1. The summed E-state index contributed by atoms with van der Waals surface area (Å²) < 4.78 is 0.197. The Labute approximate surface area is 135 Å². The predicted octanol–water partition coefficient (Wildman–Crippen LogP) is 2.30. The molecule has 1 aromatic heterocycles. The maximum Gasteiger partial charge on any atom is 0.311 e. The van der Waals surface area contributed by atoms with Crippen LogP contribution in [0.25, 0.3) is 0 Å². The van der Waals surface area contributed by atoms with E-state index in [0.717, 1.165) is 18.6 Å². The van der Waals surface area contributed by atoms with Crippen LogP contribution in [-0.2, 0) is 12.8 Å². The molecule has 1 heterocycles. The molecule has 4 N–H and O–H groups in total. The van der Waals surface area contributed by atoms with E-state index in [1.165, 1.54) is 0 Å². The number of nitro groups is 1. The van der Waals surface area contributed by atoms with Crippen molar-refractivity contribution >= 4 is 17.9 Å². The molecule has 0 radical (unpaired) electrons. The minimum Gasteiger partial charge on any atom is -0.508 e. The Morgan fingerprint density at radius 2 is 1.96 bits per heavy atom. The number of hydrogen-bond acceptors (Lipinski definition) is 6. The number of aromatic amines is 2. The van der Waals surface area contributed by atoms with Crippen LogP contribution in [0, 0.1) is 14.9 Å². The van der Waals surface area contributed by atoms with Crippen molar-refractivity contribution in [3.8, 4) is 11.5 Å². The lowest BCUT2D eigenvalue weighted by Gasteiger charge is -2.10. The summed E-state index contributed by atoms with van der Waals surface area (Å²) in [6, 6.07) is 1.95. The number of nitrogens with one attached hydrogen (secondary N) is 2. The van der Waals surface area contributed by atoms with Gasteiger partial charge in [-0.15, -0.1) is 0 Å². The minimum absolute atomic E-state index is 0.0241. The molecule has 0 bridgehead atoms. The summed E-state index contributed by atoms with van der Waals surface area (Å²) in [4.78, 5) is 27.6. The molecular weight excluding hydrogens is 322 g/mol. The zero-order valence-electron chi connectivity index (χ0n) is 12.3. The van der Waals surface area contributed by atoms with Gasteiger partial charge >= 0.3 is 5.69 Å². The van der Waals surface area contributed by atoms with E-state index in [2.05, 4.69) is 9.97 Å². The molecule has 0 saturated heterocycles. The van der Waals surface area contributed by atoms with Crippen LogP contribution in [0.4, 0.5) is 5.69 Å². The van der Waals surface area contributed by atoms with Gasteiger partial charge in [0, 0.05) is 35.4 Å². The lowest BCUT2D eigenvalue weighted by molar-refractivity contribution is -0.385. The van der Waals surface area contributed by atoms with Crippen LogP contribution in [0.5, 0.6) is 11.5 Å². The van der Waals surface area contributed by atoms with Gasteiger partial charge in [-0.1, -0.05) is 13.3 Å². The van der Waals surface area contributed by atoms with Gasteiger partial charge in [-0.3, -0.25) is 19.9 Å². The van der Waals surface area contributed by atoms with Crippen LogP contribution in [0.1, 0.15) is 30.2 Å². The normalized spacial score (nSPS) is 10.7. The average molecular weight is 337 g/mol. The van der Waals surface area contributed by atoms with Gasteiger partial charge < -0.3 is 15.2 Å². The number of aromatic nitrogens is 2. The molecule has 0 spiro atoms. The highest BCUT2D eigenvalue weighted by Crippen LogP contribution is 2.33. The molecule has 122 valence electrons. The number of benzene rings is 1. The first kappa shape index (κ1) is 16.7. The van der Waals surface area contributed by atoms with E-state index >= 15 is 0 Å². The molecule has 2 aromatic rings. The SMILES string of the molecule is CCCc1[nH]c(=S)[nH]c(=O)c1Cc1cc([N+](=O)[O-])c(O)cc1O. The second-order valence-corrected chi connectivity index (χ2v) is 5.43. The van der Waals surface area contributed by atoms with E-state index in [1.54, 1.807) is 0 Å². The Morgan fingerprint density at radius 1 is 1.26 bits per heavy atom. The quantitative estimate of drug-likeness (QED) is 0.376.